The van der Waals surface area contributed by atoms with Gasteiger partial charge in [0.2, 0.25) is 0 Å². The summed E-state index contributed by atoms with van der Waals surface area (Å²) in [6.07, 6.45) is 0. The van der Waals surface area contributed by atoms with Crippen molar-refractivity contribution in [2.45, 2.75) is 29.2 Å². The lowest BCUT2D eigenvalue weighted by molar-refractivity contribution is 1.15. The van der Waals surface area contributed by atoms with Gasteiger partial charge in [0.1, 0.15) is 0 Å². The molecule has 4 nitrogen and oxygen atoms in total. The molecular weight excluding hydrogens is 140 g/mol. The molecule has 0 aliphatic rings. The minimum absolute atomic E-state index is 0. The Morgan fingerprint density at radius 1 is 1.09 bits per heavy atom. The number of rotatable bonds is 0. The second kappa shape index (κ2) is 152. The number of nitrogens with zero attached hydrogens (tertiary/aromatic N) is 2. The van der Waals surface area contributed by atoms with Gasteiger partial charge in [-0.25, -0.2) is 0 Å². The number of hydrogen-bond acceptors (Lipinski definition) is 4. The highest BCUT2D eigenvalue weighted by Gasteiger charge is 1.50. The van der Waals surface area contributed by atoms with Gasteiger partial charge in [0, 0.05) is 10.8 Å². The van der Waals surface area contributed by atoms with Crippen molar-refractivity contribution in [1.82, 2.24) is 0 Å². The van der Waals surface area contributed by atoms with E-state index in [1.165, 1.54) is 7.05 Å². The fourth-order valence-electron chi connectivity index (χ4n) is 0. The van der Waals surface area contributed by atoms with Crippen molar-refractivity contribution in [1.29, 1.82) is 10.8 Å². The van der Waals surface area contributed by atoms with Crippen molar-refractivity contribution in [3.63, 3.8) is 0 Å². The van der Waals surface area contributed by atoms with Crippen molar-refractivity contribution in [2.24, 2.45) is 11.5 Å². The van der Waals surface area contributed by atoms with E-state index < -0.39 is 0 Å². The molecule has 0 aliphatic heterocycles. The standard InChI is InChI=1S/C3H7N.CH5N.3CH4.N2/c1-3(2)4;1-2;;;;1-2/h1,4H2,2H3;2H2,1H3;3*1H4;. The molecule has 0 heterocycles. The third-order valence-corrected chi connectivity index (χ3v) is 0. The van der Waals surface area contributed by atoms with Gasteiger partial charge in [-0.2, -0.15) is 0 Å². The molecule has 0 atom stereocenters. The average Bonchev–Trinajstić information content (AvgIpc) is 1.75. The molecule has 0 fully saturated rings. The Morgan fingerprint density at radius 2 is 1.09 bits per heavy atom. The largest absolute Gasteiger partial charge is 0.403 e. The molecule has 4 N–H and O–H groups in total. The van der Waals surface area contributed by atoms with Crippen LogP contribution in [-0.4, -0.2) is 7.05 Å². The zero-order valence-corrected chi connectivity index (χ0v) is 5.26. The van der Waals surface area contributed by atoms with Crippen LogP contribution in [0.25, 0.3) is 0 Å². The summed E-state index contributed by atoms with van der Waals surface area (Å²) in [6.45, 7) is 5.08. The van der Waals surface area contributed by atoms with E-state index in [9.17, 15) is 0 Å². The summed E-state index contributed by atoms with van der Waals surface area (Å²) in [5.41, 5.74) is 10.1. The van der Waals surface area contributed by atoms with Gasteiger partial charge in [0.15, 0.2) is 0 Å². The fraction of sp³-hybridized carbons (Fsp3) is 0.714. The molecule has 0 aromatic carbocycles. The maximum absolute atomic E-state index is 6.00. The van der Waals surface area contributed by atoms with Crippen molar-refractivity contribution in [3.8, 4) is 0 Å². The van der Waals surface area contributed by atoms with Crippen LogP contribution in [0.3, 0.4) is 0 Å². The van der Waals surface area contributed by atoms with Crippen LogP contribution >= 0.6 is 0 Å². The molecule has 4 heteroatoms. The summed E-state index contributed by atoms with van der Waals surface area (Å²) in [5.74, 6) is 0. The van der Waals surface area contributed by atoms with Gasteiger partial charge in [0.25, 0.3) is 0 Å². The van der Waals surface area contributed by atoms with Crippen LogP contribution in [0, 0.1) is 10.8 Å². The van der Waals surface area contributed by atoms with Crippen molar-refractivity contribution >= 4 is 0 Å². The van der Waals surface area contributed by atoms with Gasteiger partial charge >= 0.3 is 0 Å². The normalized spacial score (nSPS) is 3.00. The summed E-state index contributed by atoms with van der Waals surface area (Å²) < 4.78 is 0. The van der Waals surface area contributed by atoms with Crippen molar-refractivity contribution < 1.29 is 0 Å². The van der Waals surface area contributed by atoms with Crippen molar-refractivity contribution in [2.75, 3.05) is 7.05 Å². The predicted molar refractivity (Wildman–Crippen MR) is 52.8 cm³/mol. The van der Waals surface area contributed by atoms with Crippen LogP contribution in [0.15, 0.2) is 12.3 Å². The molecule has 0 bridgehead atoms. The van der Waals surface area contributed by atoms with E-state index in [0.717, 1.165) is 0 Å². The molecule has 0 saturated heterocycles. The van der Waals surface area contributed by atoms with Gasteiger partial charge in [-0.15, -0.1) is 0 Å². The Hall–Kier alpha value is -1.08. The second-order valence-electron chi connectivity index (χ2n) is 0.846. The monoisotopic (exact) mass is 164 g/mol. The summed E-state index contributed by atoms with van der Waals surface area (Å²) in [7, 11) is 1.50. The molecule has 0 unspecified atom stereocenters. The third-order valence-electron chi connectivity index (χ3n) is 0. The summed E-state index contributed by atoms with van der Waals surface area (Å²) in [6, 6.07) is 0. The lowest BCUT2D eigenvalue weighted by Gasteiger charge is -1.69. The van der Waals surface area contributed by atoms with Crippen LogP contribution < -0.4 is 11.5 Å². The van der Waals surface area contributed by atoms with E-state index >= 15 is 0 Å². The molecule has 0 aromatic heterocycles. The molecule has 11 heavy (non-hydrogen) atoms. The minimum atomic E-state index is 0. The van der Waals surface area contributed by atoms with E-state index in [1.54, 1.807) is 6.92 Å². The van der Waals surface area contributed by atoms with E-state index in [0.29, 0.717) is 5.70 Å². The molecule has 0 rings (SSSR count). The first-order valence-electron chi connectivity index (χ1n) is 1.92. The zero-order valence-electron chi connectivity index (χ0n) is 5.26. The second-order valence-corrected chi connectivity index (χ2v) is 0.846. The van der Waals surface area contributed by atoms with Crippen LogP contribution in [-0.2, 0) is 0 Å². The Balaban J connectivity index is -0.00000000813. The first kappa shape index (κ1) is 51.4. The molecule has 0 aromatic rings. The third kappa shape index (κ3) is 366. The molecule has 0 radical (unpaired) electrons. The van der Waals surface area contributed by atoms with Crippen molar-refractivity contribution in [3.05, 3.63) is 12.3 Å². The number of hydrogen-bond donors (Lipinski definition) is 2. The SMILES string of the molecule is C.C.C.C=C(C)N.CN.N#N. The van der Waals surface area contributed by atoms with Gasteiger partial charge < -0.3 is 11.5 Å². The van der Waals surface area contributed by atoms with Crippen LogP contribution in [0.5, 0.6) is 0 Å². The first-order valence-corrected chi connectivity index (χ1v) is 1.92. The van der Waals surface area contributed by atoms with E-state index in [-0.39, 0.29) is 22.3 Å². The molecule has 0 amide bonds. The van der Waals surface area contributed by atoms with Gasteiger partial charge in [0.05, 0.1) is 0 Å². The van der Waals surface area contributed by atoms with Gasteiger partial charge in [-0.05, 0) is 19.7 Å². The van der Waals surface area contributed by atoms with Crippen LogP contribution in [0.2, 0.25) is 0 Å². The quantitative estimate of drug-likeness (QED) is 0.535. The molecule has 0 aliphatic carbocycles. The fourth-order valence-corrected chi connectivity index (χ4v) is 0. The first-order chi connectivity index (χ1) is 3.73. The van der Waals surface area contributed by atoms with Gasteiger partial charge in [-0.3, -0.25) is 0 Å². The maximum atomic E-state index is 6.00. The predicted octanol–water partition coefficient (Wildman–Crippen LogP) is 1.99. The Morgan fingerprint density at radius 3 is 1.09 bits per heavy atom. The Labute approximate surface area is 71.7 Å². The highest BCUT2D eigenvalue weighted by atomic mass is 14.6. The molecule has 0 spiro atoms. The zero-order chi connectivity index (χ0) is 7.58. The van der Waals surface area contributed by atoms with E-state index in [1.807, 2.05) is 0 Å². The molecule has 0 saturated carbocycles. The maximum Gasteiger partial charge on any atom is 0 e. The van der Waals surface area contributed by atoms with Gasteiger partial charge in [-0.1, -0.05) is 28.9 Å². The van der Waals surface area contributed by atoms with Crippen LogP contribution in [0.4, 0.5) is 0 Å². The van der Waals surface area contributed by atoms with E-state index in [4.69, 9.17) is 16.5 Å². The highest BCUT2D eigenvalue weighted by Crippen LogP contribution is 1.58. The van der Waals surface area contributed by atoms with Crippen LogP contribution in [0.1, 0.15) is 29.2 Å². The average molecular weight is 164 g/mol. The summed E-state index contributed by atoms with van der Waals surface area (Å²) >= 11 is 0. The molecule has 72 valence electrons. The Bertz CT molecular complexity index is 54.7. The number of allylic oxidation sites excluding steroid dienone is 1. The topological polar surface area (TPSA) is 99.6 Å². The minimum Gasteiger partial charge on any atom is -0.403 e. The highest BCUT2D eigenvalue weighted by molar-refractivity contribution is 4.76. The summed E-state index contributed by atoms with van der Waals surface area (Å²) in [5, 5.41) is 12.0. The smallest absolute Gasteiger partial charge is 0 e. The van der Waals surface area contributed by atoms with E-state index in [2.05, 4.69) is 12.3 Å². The lowest BCUT2D eigenvalue weighted by Crippen LogP contribution is -1.83. The lowest BCUT2D eigenvalue weighted by atomic mass is 10.6. The Kier molecular flexibility index (Phi) is 709. The number of nitrogens with two attached hydrogens (primary N) is 2. The molecular formula is C7H24N4. The summed E-state index contributed by atoms with van der Waals surface area (Å²) in [4.78, 5) is 0.